The predicted octanol–water partition coefficient (Wildman–Crippen LogP) is 4.55. The van der Waals surface area contributed by atoms with E-state index in [-0.39, 0.29) is 11.3 Å². The maximum atomic E-state index is 12.3. The average molecular weight is 560 g/mol. The lowest BCUT2D eigenvalue weighted by molar-refractivity contribution is -0.112. The van der Waals surface area contributed by atoms with E-state index in [9.17, 15) is 15.2 Å². The fraction of sp³-hybridized carbons (Fsp3) is 0.111. The first-order valence-corrected chi connectivity index (χ1v) is 9.44. The molecule has 5 nitrogen and oxygen atoms in total. The maximum absolute atomic E-state index is 12.3. The van der Waals surface area contributed by atoms with Crippen LogP contribution in [0.15, 0.2) is 42.0 Å². The highest BCUT2D eigenvalue weighted by atomic mass is 127. The number of halogens is 2. The van der Waals surface area contributed by atoms with Gasteiger partial charge in [0.2, 0.25) is 0 Å². The van der Waals surface area contributed by atoms with E-state index in [4.69, 9.17) is 4.74 Å². The number of phenolic OH excluding ortho intramolecular Hbond substituents is 1. The van der Waals surface area contributed by atoms with Crippen molar-refractivity contribution in [2.45, 2.75) is 6.92 Å². The summed E-state index contributed by atoms with van der Waals surface area (Å²) in [7, 11) is 0. The summed E-state index contributed by atoms with van der Waals surface area (Å²) < 4.78 is 7.00. The second kappa shape index (κ2) is 9.05. The number of benzene rings is 2. The lowest BCUT2D eigenvalue weighted by Crippen LogP contribution is -2.13. The van der Waals surface area contributed by atoms with Crippen LogP contribution in [0.4, 0.5) is 5.69 Å². The van der Waals surface area contributed by atoms with Crippen molar-refractivity contribution >= 4 is 62.9 Å². The molecule has 128 valence electrons. The quantitative estimate of drug-likeness (QED) is 0.320. The maximum Gasteiger partial charge on any atom is 0.266 e. The van der Waals surface area contributed by atoms with Crippen molar-refractivity contribution in [1.29, 1.82) is 5.26 Å². The largest absolute Gasteiger partial charge is 0.504 e. The Bertz CT molecular complexity index is 856. The van der Waals surface area contributed by atoms with Crippen molar-refractivity contribution in [3.63, 3.8) is 0 Å². The third kappa shape index (κ3) is 5.34. The molecule has 0 bridgehead atoms. The lowest BCUT2D eigenvalue weighted by atomic mass is 10.1. The molecule has 0 aliphatic carbocycles. The molecule has 25 heavy (non-hydrogen) atoms. The Labute approximate surface area is 173 Å². The molecule has 2 aromatic carbocycles. The molecular formula is C18H14I2N2O3. The van der Waals surface area contributed by atoms with Gasteiger partial charge in [-0.1, -0.05) is 0 Å². The molecule has 0 heterocycles. The lowest BCUT2D eigenvalue weighted by Gasteiger charge is -2.09. The number of rotatable bonds is 5. The number of hydrogen-bond donors (Lipinski definition) is 2. The van der Waals surface area contributed by atoms with Crippen molar-refractivity contribution in [3.05, 3.63) is 54.7 Å². The van der Waals surface area contributed by atoms with Gasteiger partial charge in [0.15, 0.2) is 11.5 Å². The van der Waals surface area contributed by atoms with Gasteiger partial charge in [-0.2, -0.15) is 5.26 Å². The SMILES string of the molecule is CCOc1cc(/C=C(/C#N)C(=O)Nc2ccc(I)cc2)cc(I)c1O. The number of anilines is 1. The van der Waals surface area contributed by atoms with Crippen molar-refractivity contribution < 1.29 is 14.6 Å². The Morgan fingerprint density at radius 1 is 1.32 bits per heavy atom. The van der Waals surface area contributed by atoms with Crippen LogP contribution in [0.3, 0.4) is 0 Å². The fourth-order valence-electron chi connectivity index (χ4n) is 1.99. The third-order valence-corrected chi connectivity index (χ3v) is 4.67. The molecule has 1 amide bonds. The average Bonchev–Trinajstić information content (AvgIpc) is 2.59. The van der Waals surface area contributed by atoms with Gasteiger partial charge in [0.1, 0.15) is 11.6 Å². The minimum absolute atomic E-state index is 0.0394. The molecule has 0 atom stereocenters. The molecule has 0 saturated heterocycles. The minimum atomic E-state index is -0.496. The van der Waals surface area contributed by atoms with Crippen LogP contribution in [0, 0.1) is 18.5 Å². The van der Waals surface area contributed by atoms with Crippen molar-refractivity contribution in [3.8, 4) is 17.6 Å². The van der Waals surface area contributed by atoms with Crippen molar-refractivity contribution in [2.24, 2.45) is 0 Å². The van der Waals surface area contributed by atoms with E-state index < -0.39 is 5.91 Å². The van der Waals surface area contributed by atoms with E-state index in [0.717, 1.165) is 3.57 Å². The first-order valence-electron chi connectivity index (χ1n) is 7.28. The molecule has 0 unspecified atom stereocenters. The number of ether oxygens (including phenoxy) is 1. The van der Waals surface area contributed by atoms with Gasteiger partial charge in [-0.25, -0.2) is 0 Å². The summed E-state index contributed by atoms with van der Waals surface area (Å²) in [5, 5.41) is 22.0. The van der Waals surface area contributed by atoms with Gasteiger partial charge >= 0.3 is 0 Å². The second-order valence-electron chi connectivity index (χ2n) is 4.91. The molecule has 0 radical (unpaired) electrons. The first-order chi connectivity index (χ1) is 11.9. The smallest absolute Gasteiger partial charge is 0.266 e. The highest BCUT2D eigenvalue weighted by molar-refractivity contribution is 14.1. The molecule has 7 heteroatoms. The van der Waals surface area contributed by atoms with Crippen LogP contribution < -0.4 is 10.1 Å². The zero-order valence-corrected chi connectivity index (χ0v) is 17.5. The van der Waals surface area contributed by atoms with Crippen molar-refractivity contribution in [2.75, 3.05) is 11.9 Å². The predicted molar refractivity (Wildman–Crippen MR) is 113 cm³/mol. The van der Waals surface area contributed by atoms with E-state index in [1.54, 1.807) is 24.3 Å². The number of nitrogens with one attached hydrogen (secondary N) is 1. The van der Waals surface area contributed by atoms with E-state index in [0.29, 0.717) is 27.2 Å². The summed E-state index contributed by atoms with van der Waals surface area (Å²) in [6.45, 7) is 2.21. The van der Waals surface area contributed by atoms with Gasteiger partial charge in [-0.3, -0.25) is 4.79 Å². The number of carbonyl (C=O) groups is 1. The summed E-state index contributed by atoms with van der Waals surface area (Å²) in [6, 6.07) is 12.4. The molecule has 0 spiro atoms. The fourth-order valence-corrected chi connectivity index (χ4v) is 2.97. The molecule has 0 aliphatic heterocycles. The number of hydrogen-bond acceptors (Lipinski definition) is 4. The molecule has 2 N–H and O–H groups in total. The molecule has 0 fully saturated rings. The van der Waals surface area contributed by atoms with Gasteiger partial charge < -0.3 is 15.2 Å². The third-order valence-electron chi connectivity index (χ3n) is 3.13. The minimum Gasteiger partial charge on any atom is -0.504 e. The van der Waals surface area contributed by atoms with E-state index in [1.807, 2.05) is 47.7 Å². The summed E-state index contributed by atoms with van der Waals surface area (Å²) in [6.07, 6.45) is 1.46. The Morgan fingerprint density at radius 3 is 2.60 bits per heavy atom. The standard InChI is InChI=1S/C18H14I2N2O3/c1-2-25-16-9-11(8-15(20)17(16)23)7-12(10-21)18(24)22-14-5-3-13(19)4-6-14/h3-9,23H,2H2,1H3,(H,22,24)/b12-7-. The van der Waals surface area contributed by atoms with Gasteiger partial charge in [-0.05, 0) is 100 Å². The molecule has 0 aliphatic rings. The van der Waals surface area contributed by atoms with E-state index in [1.165, 1.54) is 6.08 Å². The van der Waals surface area contributed by atoms with Gasteiger partial charge in [0.25, 0.3) is 5.91 Å². The summed E-state index contributed by atoms with van der Waals surface area (Å²) in [4.78, 5) is 12.3. The van der Waals surface area contributed by atoms with E-state index in [2.05, 4.69) is 27.9 Å². The zero-order valence-electron chi connectivity index (χ0n) is 13.2. The van der Waals surface area contributed by atoms with Crippen LogP contribution in [-0.4, -0.2) is 17.6 Å². The molecule has 0 saturated carbocycles. The summed E-state index contributed by atoms with van der Waals surface area (Å²) in [5.41, 5.74) is 1.17. The Kier molecular flexibility index (Phi) is 7.07. The molecule has 0 aromatic heterocycles. The van der Waals surface area contributed by atoms with Crippen LogP contribution in [-0.2, 0) is 4.79 Å². The first kappa shape index (κ1) is 19.5. The molecular weight excluding hydrogens is 546 g/mol. The Morgan fingerprint density at radius 2 is 2.00 bits per heavy atom. The second-order valence-corrected chi connectivity index (χ2v) is 7.32. The number of nitriles is 1. The van der Waals surface area contributed by atoms with Gasteiger partial charge in [0, 0.05) is 9.26 Å². The summed E-state index contributed by atoms with van der Waals surface area (Å²) in [5.74, 6) is -0.137. The van der Waals surface area contributed by atoms with Crippen LogP contribution >= 0.6 is 45.2 Å². The van der Waals surface area contributed by atoms with E-state index >= 15 is 0 Å². The molecule has 2 aromatic rings. The normalized spacial score (nSPS) is 10.9. The van der Waals surface area contributed by atoms with Crippen LogP contribution in [0.25, 0.3) is 6.08 Å². The van der Waals surface area contributed by atoms with Crippen molar-refractivity contribution in [1.82, 2.24) is 0 Å². The number of amides is 1. The zero-order chi connectivity index (χ0) is 18.4. The topological polar surface area (TPSA) is 82.3 Å². The van der Waals surface area contributed by atoms with Crippen LogP contribution in [0.5, 0.6) is 11.5 Å². The highest BCUT2D eigenvalue weighted by Gasteiger charge is 2.12. The van der Waals surface area contributed by atoms with Crippen LogP contribution in [0.2, 0.25) is 0 Å². The molecule has 2 rings (SSSR count). The number of nitrogens with zero attached hydrogens (tertiary/aromatic N) is 1. The number of carbonyl (C=O) groups excluding carboxylic acids is 1. The Hall–Kier alpha value is -1.80. The highest BCUT2D eigenvalue weighted by Crippen LogP contribution is 2.33. The Balaban J connectivity index is 2.29. The van der Waals surface area contributed by atoms with Gasteiger partial charge in [0.05, 0.1) is 10.2 Å². The number of aromatic hydroxyl groups is 1. The monoisotopic (exact) mass is 560 g/mol. The number of phenols is 1. The van der Waals surface area contributed by atoms with Crippen LogP contribution in [0.1, 0.15) is 12.5 Å². The van der Waals surface area contributed by atoms with Gasteiger partial charge in [-0.15, -0.1) is 0 Å². The summed E-state index contributed by atoms with van der Waals surface area (Å²) >= 11 is 4.14.